The molecular formula is C59H92N8O10. The molecular weight excluding hydrogens is 981 g/mol. The van der Waals surface area contributed by atoms with Crippen LogP contribution in [0.1, 0.15) is 124 Å². The molecule has 1 aromatic heterocycles. The van der Waals surface area contributed by atoms with Gasteiger partial charge in [0.15, 0.2) is 0 Å². The number of hydrogen-bond acceptors (Lipinski definition) is 11. The van der Waals surface area contributed by atoms with E-state index in [-0.39, 0.29) is 66.7 Å². The Morgan fingerprint density at radius 3 is 2.19 bits per heavy atom. The molecule has 2 saturated heterocycles. The number of fused-ring (bicyclic) bond motifs is 1. The number of unbranched alkanes of at least 4 members (excludes halogenated alkanes) is 3. The number of amides is 6. The highest BCUT2D eigenvalue weighted by Crippen LogP contribution is 2.30. The Labute approximate surface area is 458 Å². The maximum Gasteiger partial charge on any atom is 0.407 e. The number of aromatic nitrogens is 1. The molecule has 0 bridgehead atoms. The number of para-hydroxylation sites is 1. The molecule has 0 spiro atoms. The van der Waals surface area contributed by atoms with Gasteiger partial charge in [0.25, 0.3) is 5.91 Å². The van der Waals surface area contributed by atoms with Gasteiger partial charge in [-0.15, -0.1) is 0 Å². The number of benzene rings is 2. The van der Waals surface area contributed by atoms with Gasteiger partial charge in [-0.3, -0.25) is 33.7 Å². The third kappa shape index (κ3) is 17.5. The maximum absolute atomic E-state index is 14.7. The summed E-state index contributed by atoms with van der Waals surface area (Å²) in [6, 6.07) is 14.2. The molecule has 428 valence electrons. The highest BCUT2D eigenvalue weighted by molar-refractivity contribution is 5.91. The Balaban J connectivity index is 1.19. The third-order valence-corrected chi connectivity index (χ3v) is 15.7. The average molecular weight is 1070 g/mol. The monoisotopic (exact) mass is 1070 g/mol. The first-order valence-corrected chi connectivity index (χ1v) is 28.3. The van der Waals surface area contributed by atoms with Crippen molar-refractivity contribution in [3.05, 3.63) is 71.9 Å². The molecule has 0 aliphatic carbocycles. The summed E-state index contributed by atoms with van der Waals surface area (Å²) in [6.45, 7) is 16.5. The summed E-state index contributed by atoms with van der Waals surface area (Å²) in [4.78, 5) is 98.7. The lowest BCUT2D eigenvalue weighted by molar-refractivity contribution is -0.199. The van der Waals surface area contributed by atoms with Gasteiger partial charge in [0.1, 0.15) is 18.7 Å². The zero-order valence-electron chi connectivity index (χ0n) is 48.0. The number of carbonyl (C=O) groups excluding carboxylic acids is 6. The molecule has 18 heteroatoms. The number of nitrogens with one attached hydrogen (secondary N) is 4. The number of carbonyl (C=O) groups is 6. The Hall–Kier alpha value is -5.56. The molecule has 2 aromatic carbocycles. The van der Waals surface area contributed by atoms with E-state index in [2.05, 4.69) is 25.8 Å². The van der Waals surface area contributed by atoms with Crippen molar-refractivity contribution in [2.75, 3.05) is 61.1 Å². The molecule has 0 radical (unpaired) electrons. The number of ether oxygens (including phenoxy) is 3. The van der Waals surface area contributed by atoms with E-state index >= 15 is 0 Å². The minimum absolute atomic E-state index is 0.0234. The van der Waals surface area contributed by atoms with Gasteiger partial charge in [0.2, 0.25) is 23.6 Å². The molecule has 3 heterocycles. The van der Waals surface area contributed by atoms with E-state index in [0.717, 1.165) is 60.6 Å². The van der Waals surface area contributed by atoms with Crippen LogP contribution in [0.25, 0.3) is 10.9 Å². The minimum atomic E-state index is -0.907. The number of alkyl carbamates (subject to hydrolysis) is 1. The second-order valence-corrected chi connectivity index (χ2v) is 22.0. The van der Waals surface area contributed by atoms with Crippen molar-refractivity contribution >= 4 is 46.5 Å². The minimum Gasteiger partial charge on any atom is -0.445 e. The Morgan fingerprint density at radius 1 is 0.818 bits per heavy atom. The van der Waals surface area contributed by atoms with Crippen molar-refractivity contribution in [3.63, 3.8) is 0 Å². The number of nitrogens with zero attached hydrogens (tertiary/aromatic N) is 4. The van der Waals surface area contributed by atoms with Crippen molar-refractivity contribution in [1.29, 1.82) is 0 Å². The molecule has 8 unspecified atom stereocenters. The van der Waals surface area contributed by atoms with Crippen LogP contribution in [0.2, 0.25) is 0 Å². The summed E-state index contributed by atoms with van der Waals surface area (Å²) in [5.41, 5.74) is 2.76. The van der Waals surface area contributed by atoms with Crippen LogP contribution in [0.15, 0.2) is 60.8 Å². The van der Waals surface area contributed by atoms with E-state index in [4.69, 9.17) is 19.0 Å². The van der Waals surface area contributed by atoms with Crippen LogP contribution >= 0.6 is 0 Å². The first-order valence-electron chi connectivity index (χ1n) is 28.3. The number of likely N-dealkylation sites (N-methyl/N-ethyl adjacent to an activating group) is 2. The van der Waals surface area contributed by atoms with Gasteiger partial charge in [-0.05, 0) is 87.1 Å². The highest BCUT2D eigenvalue weighted by Gasteiger charge is 2.44. The van der Waals surface area contributed by atoms with Crippen molar-refractivity contribution in [1.82, 2.24) is 40.7 Å². The maximum atomic E-state index is 14.7. The SMILES string of the molecule is CCC(C)C(C(CC(=O)N1CCC[C@H]1C(OC)C(C)C(=O)NC(Cc1c[nH]c2ccccc12)C(=O)N1CCCCO1)OC)N(C)C(=O)C(NC(=O)C(C(C)C)N(C)CCCCCCNC(=O)OCc1ccccc1)C(C)C. The number of hydroxylamine groups is 2. The second-order valence-electron chi connectivity index (χ2n) is 22.0. The summed E-state index contributed by atoms with van der Waals surface area (Å²) in [5, 5.41) is 11.4. The number of rotatable bonds is 30. The highest BCUT2D eigenvalue weighted by atomic mass is 16.7. The summed E-state index contributed by atoms with van der Waals surface area (Å²) >= 11 is 0. The normalized spacial score (nSPS) is 18.1. The van der Waals surface area contributed by atoms with E-state index in [1.807, 2.05) is 109 Å². The van der Waals surface area contributed by atoms with Crippen molar-refractivity contribution < 1.29 is 47.8 Å². The summed E-state index contributed by atoms with van der Waals surface area (Å²) in [6.07, 6.45) is 7.46. The Bertz CT molecular complexity index is 2320. The fourth-order valence-electron chi connectivity index (χ4n) is 11.2. The second kappa shape index (κ2) is 31.1. The molecule has 3 aromatic rings. The van der Waals surface area contributed by atoms with Crippen molar-refractivity contribution in [2.45, 2.75) is 168 Å². The lowest BCUT2D eigenvalue weighted by atomic mass is 9.89. The fourth-order valence-corrected chi connectivity index (χ4v) is 11.2. The molecule has 5 rings (SSSR count). The molecule has 4 N–H and O–H groups in total. The molecule has 77 heavy (non-hydrogen) atoms. The Morgan fingerprint density at radius 2 is 1.53 bits per heavy atom. The number of hydrogen-bond donors (Lipinski definition) is 4. The van der Waals surface area contributed by atoms with Crippen LogP contribution < -0.4 is 16.0 Å². The number of methoxy groups -OCH3 is 2. The van der Waals surface area contributed by atoms with Crippen LogP contribution in [0.4, 0.5) is 4.79 Å². The summed E-state index contributed by atoms with van der Waals surface area (Å²) in [7, 11) is 6.79. The average Bonchev–Trinajstić information content (AvgIpc) is 4.09. The molecule has 2 fully saturated rings. The summed E-state index contributed by atoms with van der Waals surface area (Å²) in [5.74, 6) is -2.44. The topological polar surface area (TPSA) is 204 Å². The molecule has 9 atom stereocenters. The van der Waals surface area contributed by atoms with Crippen molar-refractivity contribution in [3.8, 4) is 0 Å². The van der Waals surface area contributed by atoms with Gasteiger partial charge >= 0.3 is 6.09 Å². The standard InChI is InChI=1S/C59H92N8O10/c1-12-41(6)53(65(9)58(72)51(39(2)3)63-56(70)52(40(4)5)64(8)31-21-14-13-20-30-60-59(73)76-38-43-25-16-15-17-26-43)49(74-10)36-50(68)66-32-24-29-48(66)54(75-11)42(7)55(69)62-47(57(71)67-33-22-23-34-77-67)35-44-37-61-46-28-19-18-27-45(44)46/h15-19,25-28,37,39-42,47-49,51-54,61H,12-14,20-24,29-36,38H2,1-11H3,(H,60,73)(H,62,69)(H,63,70)/t41?,42?,47?,48-,49?,51?,52?,53?,54?/m0/s1. The van der Waals surface area contributed by atoms with Gasteiger partial charge in [-0.25, -0.2) is 9.86 Å². The predicted octanol–water partition coefficient (Wildman–Crippen LogP) is 7.25. The van der Waals surface area contributed by atoms with E-state index < -0.39 is 54.4 Å². The van der Waals surface area contributed by atoms with Gasteiger partial charge in [0.05, 0.1) is 49.3 Å². The smallest absolute Gasteiger partial charge is 0.407 e. The van der Waals surface area contributed by atoms with Crippen molar-refractivity contribution in [2.24, 2.45) is 23.7 Å². The molecule has 2 aliphatic rings. The first-order chi connectivity index (χ1) is 36.9. The number of H-pyrrole nitrogens is 1. The fraction of sp³-hybridized carbons (Fsp3) is 0.661. The van der Waals surface area contributed by atoms with Gasteiger partial charge < -0.3 is 44.9 Å². The largest absolute Gasteiger partial charge is 0.445 e. The van der Waals surface area contributed by atoms with E-state index in [1.54, 1.807) is 38.0 Å². The zero-order chi connectivity index (χ0) is 56.2. The molecule has 0 saturated carbocycles. The predicted molar refractivity (Wildman–Crippen MR) is 298 cm³/mol. The quantitative estimate of drug-likeness (QED) is 0.0490. The Kier molecular flexibility index (Phi) is 25.2. The molecule has 18 nitrogen and oxygen atoms in total. The number of aromatic amines is 1. The van der Waals surface area contributed by atoms with E-state index in [0.29, 0.717) is 52.0 Å². The van der Waals surface area contributed by atoms with Crippen LogP contribution in [-0.4, -0.2) is 164 Å². The van der Waals surface area contributed by atoms with Crippen LogP contribution in [0, 0.1) is 23.7 Å². The molecule has 2 aliphatic heterocycles. The third-order valence-electron chi connectivity index (χ3n) is 15.7. The van der Waals surface area contributed by atoms with E-state index in [9.17, 15) is 28.8 Å². The lowest BCUT2D eigenvalue weighted by Crippen LogP contribution is -2.60. The van der Waals surface area contributed by atoms with Crippen LogP contribution in [0.5, 0.6) is 0 Å². The lowest BCUT2D eigenvalue weighted by Gasteiger charge is -2.41. The van der Waals surface area contributed by atoms with Gasteiger partial charge in [0, 0.05) is 64.4 Å². The van der Waals surface area contributed by atoms with Crippen LogP contribution in [-0.2, 0) is 56.0 Å². The van der Waals surface area contributed by atoms with Gasteiger partial charge in [-0.2, -0.15) is 0 Å². The van der Waals surface area contributed by atoms with E-state index in [1.165, 1.54) is 5.06 Å². The summed E-state index contributed by atoms with van der Waals surface area (Å²) < 4.78 is 17.6. The van der Waals surface area contributed by atoms with Gasteiger partial charge in [-0.1, -0.05) is 116 Å². The number of likely N-dealkylation sites (tertiary alicyclic amines) is 1. The zero-order valence-corrected chi connectivity index (χ0v) is 48.0. The van der Waals surface area contributed by atoms with Crippen LogP contribution in [0.3, 0.4) is 0 Å². The molecule has 6 amide bonds. The first kappa shape index (κ1) is 62.3.